The first-order chi connectivity index (χ1) is 12.7. The summed E-state index contributed by atoms with van der Waals surface area (Å²) in [6, 6.07) is 4.71. The topological polar surface area (TPSA) is 70.8 Å². The standard InChI is InChI=1S/C20H21F2NO4/c1-12-15(18(24)25)10-14(27-12)11-23(2)19(26)20(7-3-4-8-20)16-6-5-13(21)9-17(16)22/h5-6,9-10H,3-4,7-8,11H2,1-2H3,(H,24,25). The number of amides is 1. The molecule has 1 amide bonds. The number of aryl methyl sites for hydroxylation is 1. The van der Waals surface area contributed by atoms with Crippen LogP contribution in [0.25, 0.3) is 0 Å². The number of likely N-dealkylation sites (N-methyl/N-ethyl adjacent to an activating group) is 1. The van der Waals surface area contributed by atoms with Crippen LogP contribution in [-0.2, 0) is 16.8 Å². The Kier molecular flexibility index (Phi) is 5.04. The molecule has 5 nitrogen and oxygen atoms in total. The van der Waals surface area contributed by atoms with Gasteiger partial charge < -0.3 is 14.4 Å². The van der Waals surface area contributed by atoms with Gasteiger partial charge in [-0.3, -0.25) is 4.79 Å². The Morgan fingerprint density at radius 2 is 1.89 bits per heavy atom. The van der Waals surface area contributed by atoms with E-state index >= 15 is 0 Å². The van der Waals surface area contributed by atoms with Crippen molar-refractivity contribution < 1.29 is 27.9 Å². The van der Waals surface area contributed by atoms with Crippen molar-refractivity contribution in [1.29, 1.82) is 0 Å². The number of aromatic carboxylic acids is 1. The summed E-state index contributed by atoms with van der Waals surface area (Å²) in [5.74, 6) is -2.18. The van der Waals surface area contributed by atoms with E-state index in [-0.39, 0.29) is 29.3 Å². The highest BCUT2D eigenvalue weighted by Gasteiger charge is 2.46. The number of nitrogens with zero attached hydrogens (tertiary/aromatic N) is 1. The van der Waals surface area contributed by atoms with E-state index in [1.165, 1.54) is 23.1 Å². The lowest BCUT2D eigenvalue weighted by atomic mass is 9.77. The van der Waals surface area contributed by atoms with Gasteiger partial charge in [0.2, 0.25) is 5.91 Å². The van der Waals surface area contributed by atoms with E-state index in [0.717, 1.165) is 18.9 Å². The van der Waals surface area contributed by atoms with Gasteiger partial charge in [-0.25, -0.2) is 13.6 Å². The second kappa shape index (κ2) is 7.13. The van der Waals surface area contributed by atoms with Gasteiger partial charge in [0.05, 0.1) is 12.0 Å². The predicted octanol–water partition coefficient (Wildman–Crippen LogP) is 4.03. The number of benzene rings is 1. The van der Waals surface area contributed by atoms with Crippen LogP contribution in [0.2, 0.25) is 0 Å². The second-order valence-corrected chi connectivity index (χ2v) is 7.06. The van der Waals surface area contributed by atoms with Crippen molar-refractivity contribution in [3.63, 3.8) is 0 Å². The molecule has 1 saturated carbocycles. The molecular weight excluding hydrogens is 356 g/mol. The fourth-order valence-corrected chi connectivity index (χ4v) is 3.96. The minimum absolute atomic E-state index is 0.0472. The molecular formula is C20H21F2NO4. The SMILES string of the molecule is Cc1oc(CN(C)C(=O)C2(c3ccc(F)cc3F)CCCC2)cc1C(=O)O. The summed E-state index contributed by atoms with van der Waals surface area (Å²) in [5, 5.41) is 9.12. The number of carboxylic acids is 1. The second-order valence-electron chi connectivity index (χ2n) is 7.06. The molecule has 0 aliphatic heterocycles. The Labute approximate surface area is 155 Å². The highest BCUT2D eigenvalue weighted by atomic mass is 19.1. The van der Waals surface area contributed by atoms with Gasteiger partial charge in [0.1, 0.15) is 28.7 Å². The van der Waals surface area contributed by atoms with Gasteiger partial charge in [-0.05, 0) is 31.9 Å². The molecule has 1 heterocycles. The quantitative estimate of drug-likeness (QED) is 0.854. The molecule has 0 bridgehead atoms. The smallest absolute Gasteiger partial charge is 0.339 e. The summed E-state index contributed by atoms with van der Waals surface area (Å²) >= 11 is 0. The molecule has 0 spiro atoms. The molecule has 1 aromatic heterocycles. The van der Waals surface area contributed by atoms with Gasteiger partial charge in [0.25, 0.3) is 0 Å². The number of carbonyl (C=O) groups excluding carboxylic acids is 1. The normalized spacial score (nSPS) is 15.7. The zero-order valence-electron chi connectivity index (χ0n) is 15.2. The predicted molar refractivity (Wildman–Crippen MR) is 93.4 cm³/mol. The van der Waals surface area contributed by atoms with Gasteiger partial charge in [-0.2, -0.15) is 0 Å². The van der Waals surface area contributed by atoms with Gasteiger partial charge in [0.15, 0.2) is 0 Å². The average molecular weight is 377 g/mol. The van der Waals surface area contributed by atoms with E-state index < -0.39 is 23.0 Å². The summed E-state index contributed by atoms with van der Waals surface area (Å²) in [6.45, 7) is 1.61. The largest absolute Gasteiger partial charge is 0.478 e. The lowest BCUT2D eigenvalue weighted by molar-refractivity contribution is -0.137. The van der Waals surface area contributed by atoms with Crippen LogP contribution < -0.4 is 0 Å². The minimum Gasteiger partial charge on any atom is -0.478 e. The molecule has 1 aliphatic carbocycles. The Morgan fingerprint density at radius 1 is 1.22 bits per heavy atom. The molecule has 0 unspecified atom stereocenters. The fraction of sp³-hybridized carbons (Fsp3) is 0.400. The van der Waals surface area contributed by atoms with Crippen LogP contribution in [-0.4, -0.2) is 28.9 Å². The van der Waals surface area contributed by atoms with Gasteiger partial charge >= 0.3 is 5.97 Å². The molecule has 3 rings (SSSR count). The summed E-state index contributed by atoms with van der Waals surface area (Å²) in [6.07, 6.45) is 2.52. The molecule has 1 N–H and O–H groups in total. The number of hydrogen-bond acceptors (Lipinski definition) is 3. The molecule has 2 aromatic rings. The molecule has 0 atom stereocenters. The van der Waals surface area contributed by atoms with Crippen molar-refractivity contribution >= 4 is 11.9 Å². The molecule has 0 radical (unpaired) electrons. The number of furan rings is 1. The van der Waals surface area contributed by atoms with Gasteiger partial charge in [0, 0.05) is 18.7 Å². The third kappa shape index (κ3) is 3.46. The van der Waals surface area contributed by atoms with E-state index in [4.69, 9.17) is 9.52 Å². The molecule has 27 heavy (non-hydrogen) atoms. The van der Waals surface area contributed by atoms with Crippen molar-refractivity contribution in [2.24, 2.45) is 0 Å². The first-order valence-electron chi connectivity index (χ1n) is 8.78. The molecule has 1 fully saturated rings. The van der Waals surface area contributed by atoms with Crippen molar-refractivity contribution in [3.8, 4) is 0 Å². The van der Waals surface area contributed by atoms with E-state index in [2.05, 4.69) is 0 Å². The van der Waals surface area contributed by atoms with Crippen molar-refractivity contribution in [2.75, 3.05) is 7.05 Å². The summed E-state index contributed by atoms with van der Waals surface area (Å²) in [4.78, 5) is 25.8. The maximum atomic E-state index is 14.4. The minimum atomic E-state index is -1.10. The highest BCUT2D eigenvalue weighted by molar-refractivity contribution is 5.89. The Balaban J connectivity index is 1.89. The number of halogens is 2. The van der Waals surface area contributed by atoms with Crippen LogP contribution in [0.3, 0.4) is 0 Å². The van der Waals surface area contributed by atoms with Gasteiger partial charge in [-0.15, -0.1) is 0 Å². The fourth-order valence-electron chi connectivity index (χ4n) is 3.96. The first-order valence-corrected chi connectivity index (χ1v) is 8.78. The van der Waals surface area contributed by atoms with Crippen LogP contribution in [0.1, 0.15) is 53.1 Å². The van der Waals surface area contributed by atoms with Crippen molar-refractivity contribution in [2.45, 2.75) is 44.6 Å². The molecule has 1 aromatic carbocycles. The van der Waals surface area contributed by atoms with Crippen LogP contribution >= 0.6 is 0 Å². The third-order valence-corrected chi connectivity index (χ3v) is 5.25. The van der Waals surface area contributed by atoms with Crippen molar-refractivity contribution in [3.05, 3.63) is 58.5 Å². The third-order valence-electron chi connectivity index (χ3n) is 5.25. The lowest BCUT2D eigenvalue weighted by Gasteiger charge is -2.33. The Hall–Kier alpha value is -2.70. The maximum absolute atomic E-state index is 14.4. The Morgan fingerprint density at radius 3 is 2.44 bits per heavy atom. The number of rotatable bonds is 5. The summed E-state index contributed by atoms with van der Waals surface area (Å²) < 4.78 is 33.2. The summed E-state index contributed by atoms with van der Waals surface area (Å²) in [7, 11) is 1.57. The number of carboxylic acid groups (broad SMARTS) is 1. The first kappa shape index (κ1) is 19.1. The maximum Gasteiger partial charge on any atom is 0.339 e. The van der Waals surface area contributed by atoms with Crippen molar-refractivity contribution in [1.82, 2.24) is 4.90 Å². The van der Waals surface area contributed by atoms with Crippen LogP contribution in [0.4, 0.5) is 8.78 Å². The van der Waals surface area contributed by atoms with E-state index in [1.807, 2.05) is 0 Å². The monoisotopic (exact) mass is 377 g/mol. The van der Waals surface area contributed by atoms with Crippen LogP contribution in [0, 0.1) is 18.6 Å². The number of carbonyl (C=O) groups is 2. The summed E-state index contributed by atoms with van der Waals surface area (Å²) in [5.41, 5.74) is -0.782. The lowest BCUT2D eigenvalue weighted by Crippen LogP contribution is -2.43. The average Bonchev–Trinajstić information content (AvgIpc) is 3.21. The molecule has 144 valence electrons. The number of hydrogen-bond donors (Lipinski definition) is 1. The van der Waals surface area contributed by atoms with Gasteiger partial charge in [-0.1, -0.05) is 18.9 Å². The van der Waals surface area contributed by atoms with Crippen LogP contribution in [0.5, 0.6) is 0 Å². The zero-order valence-corrected chi connectivity index (χ0v) is 15.2. The molecule has 0 saturated heterocycles. The molecule has 7 heteroatoms. The van der Waals surface area contributed by atoms with E-state index in [0.29, 0.717) is 18.6 Å². The van der Waals surface area contributed by atoms with E-state index in [1.54, 1.807) is 14.0 Å². The van der Waals surface area contributed by atoms with E-state index in [9.17, 15) is 18.4 Å². The zero-order chi connectivity index (χ0) is 19.8. The highest BCUT2D eigenvalue weighted by Crippen LogP contribution is 2.43. The van der Waals surface area contributed by atoms with Crippen LogP contribution in [0.15, 0.2) is 28.7 Å². The Bertz CT molecular complexity index is 884. The molecule has 1 aliphatic rings.